The molecule has 0 aliphatic carbocycles. The van der Waals surface area contributed by atoms with E-state index in [0.29, 0.717) is 5.56 Å². The Bertz CT molecular complexity index is 314. The lowest BCUT2D eigenvalue weighted by Crippen LogP contribution is -1.99. The Morgan fingerprint density at radius 1 is 1.58 bits per heavy atom. The van der Waals surface area contributed by atoms with Gasteiger partial charge in [0.05, 0.1) is 5.88 Å². The highest BCUT2D eigenvalue weighted by molar-refractivity contribution is 14.1. The maximum absolute atomic E-state index is 11.1. The molecule has 1 nitrogen and oxygen atoms in total. The highest BCUT2D eigenvalue weighted by Gasteiger charge is 2.05. The molecule has 0 N–H and O–H groups in total. The van der Waals surface area contributed by atoms with Crippen LogP contribution in [0.4, 0.5) is 0 Å². The molecule has 1 aromatic carbocycles. The van der Waals surface area contributed by atoms with Crippen molar-refractivity contribution in [1.29, 1.82) is 0 Å². The predicted molar refractivity (Wildman–Crippen MR) is 61.9 cm³/mol. The van der Waals surface area contributed by atoms with Crippen LogP contribution >= 0.6 is 50.1 Å². The van der Waals surface area contributed by atoms with Crippen molar-refractivity contribution in [1.82, 2.24) is 0 Å². The zero-order valence-electron chi connectivity index (χ0n) is 5.98. The van der Waals surface area contributed by atoms with Gasteiger partial charge in [-0.3, -0.25) is 4.79 Å². The second-order valence-corrected chi connectivity index (χ2v) is 4.47. The first-order valence-electron chi connectivity index (χ1n) is 3.19. The second kappa shape index (κ2) is 4.58. The van der Waals surface area contributed by atoms with Crippen molar-refractivity contribution >= 4 is 55.9 Å². The summed E-state index contributed by atoms with van der Waals surface area (Å²) >= 11 is 10.9. The molecule has 0 aromatic heterocycles. The van der Waals surface area contributed by atoms with Crippen molar-refractivity contribution in [3.05, 3.63) is 31.8 Å². The predicted octanol–water partition coefficient (Wildman–Crippen LogP) is 3.48. The van der Waals surface area contributed by atoms with Crippen LogP contribution in [0.2, 0.25) is 0 Å². The lowest BCUT2D eigenvalue weighted by Gasteiger charge is -1.99. The average molecular weight is 359 g/mol. The van der Waals surface area contributed by atoms with Crippen LogP contribution in [-0.2, 0) is 0 Å². The van der Waals surface area contributed by atoms with E-state index in [1.165, 1.54) is 0 Å². The van der Waals surface area contributed by atoms with E-state index >= 15 is 0 Å². The second-order valence-electron chi connectivity index (χ2n) is 2.19. The maximum atomic E-state index is 11.1. The Kier molecular flexibility index (Phi) is 3.99. The summed E-state index contributed by atoms with van der Waals surface area (Å²) in [6.07, 6.45) is 0. The first-order chi connectivity index (χ1) is 5.65. The number of carbonyl (C=O) groups is 1. The fourth-order valence-corrected chi connectivity index (χ4v) is 1.62. The molecule has 0 saturated carbocycles. The Morgan fingerprint density at radius 2 is 2.25 bits per heavy atom. The van der Waals surface area contributed by atoms with Crippen LogP contribution in [0.3, 0.4) is 0 Å². The topological polar surface area (TPSA) is 17.1 Å². The fourth-order valence-electron chi connectivity index (χ4n) is 0.747. The standard InChI is InChI=1S/C8H5BrClIO/c9-6-3-5(8(12)4-10)1-2-7(6)11/h1-3H,4H2. The minimum atomic E-state index is -0.0474. The average Bonchev–Trinajstić information content (AvgIpc) is 2.08. The van der Waals surface area contributed by atoms with Crippen molar-refractivity contribution in [2.75, 3.05) is 5.88 Å². The molecule has 1 aromatic rings. The van der Waals surface area contributed by atoms with Gasteiger partial charge in [0.25, 0.3) is 0 Å². The Labute approximate surface area is 97.8 Å². The van der Waals surface area contributed by atoms with Crippen LogP contribution in [0.5, 0.6) is 0 Å². The van der Waals surface area contributed by atoms with E-state index in [9.17, 15) is 4.79 Å². The molecular formula is C8H5BrClIO. The molecule has 0 saturated heterocycles. The first-order valence-corrected chi connectivity index (χ1v) is 5.60. The van der Waals surface area contributed by atoms with Gasteiger partial charge in [-0.25, -0.2) is 0 Å². The minimum Gasteiger partial charge on any atom is -0.293 e. The highest BCUT2D eigenvalue weighted by Crippen LogP contribution is 2.20. The van der Waals surface area contributed by atoms with Crippen molar-refractivity contribution in [3.63, 3.8) is 0 Å². The third-order valence-electron chi connectivity index (χ3n) is 1.36. The Morgan fingerprint density at radius 3 is 2.75 bits per heavy atom. The van der Waals surface area contributed by atoms with Crippen LogP contribution < -0.4 is 0 Å². The monoisotopic (exact) mass is 358 g/mol. The number of benzene rings is 1. The Balaban J connectivity index is 3.05. The smallest absolute Gasteiger partial charge is 0.177 e. The molecule has 0 fully saturated rings. The third kappa shape index (κ3) is 2.44. The number of hydrogen-bond acceptors (Lipinski definition) is 1. The normalized spacial score (nSPS) is 9.92. The van der Waals surface area contributed by atoms with Crippen molar-refractivity contribution in [2.45, 2.75) is 0 Å². The van der Waals surface area contributed by atoms with Crippen molar-refractivity contribution < 1.29 is 4.79 Å². The van der Waals surface area contributed by atoms with Gasteiger partial charge < -0.3 is 0 Å². The van der Waals surface area contributed by atoms with Crippen LogP contribution in [0.1, 0.15) is 10.4 Å². The summed E-state index contributed by atoms with van der Waals surface area (Å²) < 4.78 is 2.01. The molecule has 0 aliphatic heterocycles. The molecule has 0 spiro atoms. The number of carbonyl (C=O) groups excluding carboxylic acids is 1. The summed E-state index contributed by atoms with van der Waals surface area (Å²) in [7, 11) is 0. The summed E-state index contributed by atoms with van der Waals surface area (Å²) in [6.45, 7) is 0. The summed E-state index contributed by atoms with van der Waals surface area (Å²) in [6, 6.07) is 5.44. The molecule has 12 heavy (non-hydrogen) atoms. The summed E-state index contributed by atoms with van der Waals surface area (Å²) in [5.41, 5.74) is 0.650. The number of Topliss-reactive ketones (excluding diaryl/α,β-unsaturated/α-hetero) is 1. The van der Waals surface area contributed by atoms with Crippen LogP contribution in [-0.4, -0.2) is 11.7 Å². The van der Waals surface area contributed by atoms with Gasteiger partial charge in [-0.2, -0.15) is 0 Å². The molecule has 64 valence electrons. The van der Waals surface area contributed by atoms with Crippen LogP contribution in [0.15, 0.2) is 22.7 Å². The molecular weight excluding hydrogens is 354 g/mol. The van der Waals surface area contributed by atoms with Crippen LogP contribution in [0, 0.1) is 3.57 Å². The van der Waals surface area contributed by atoms with Gasteiger partial charge in [0.15, 0.2) is 5.78 Å². The summed E-state index contributed by atoms with van der Waals surface area (Å²) in [5.74, 6) is -0.0127. The van der Waals surface area contributed by atoms with Gasteiger partial charge in [-0.15, -0.1) is 11.6 Å². The van der Waals surface area contributed by atoms with Crippen molar-refractivity contribution in [3.8, 4) is 0 Å². The lowest BCUT2D eigenvalue weighted by molar-refractivity contribution is 0.102. The number of rotatable bonds is 2. The molecule has 0 amide bonds. The quantitative estimate of drug-likeness (QED) is 0.449. The van der Waals surface area contributed by atoms with Gasteiger partial charge in [0.1, 0.15) is 0 Å². The van der Waals surface area contributed by atoms with E-state index < -0.39 is 0 Å². The Hall–Kier alpha value is 0.390. The van der Waals surface area contributed by atoms with E-state index in [2.05, 4.69) is 38.5 Å². The number of ketones is 1. The molecule has 0 radical (unpaired) electrons. The SMILES string of the molecule is O=C(CCl)c1ccc(I)c(Br)c1. The number of hydrogen-bond donors (Lipinski definition) is 0. The molecule has 0 unspecified atom stereocenters. The molecule has 4 heteroatoms. The summed E-state index contributed by atoms with van der Waals surface area (Å²) in [5, 5.41) is 0. The molecule has 0 heterocycles. The number of alkyl halides is 1. The molecule has 0 aliphatic rings. The van der Waals surface area contributed by atoms with E-state index in [0.717, 1.165) is 8.04 Å². The highest BCUT2D eigenvalue weighted by atomic mass is 127. The first kappa shape index (κ1) is 10.5. The molecule has 1 rings (SSSR count). The van der Waals surface area contributed by atoms with E-state index in [4.69, 9.17) is 11.6 Å². The van der Waals surface area contributed by atoms with E-state index in [1.54, 1.807) is 12.1 Å². The van der Waals surface area contributed by atoms with Gasteiger partial charge >= 0.3 is 0 Å². The van der Waals surface area contributed by atoms with Gasteiger partial charge in [-0.1, -0.05) is 6.07 Å². The summed E-state index contributed by atoms with van der Waals surface area (Å²) in [4.78, 5) is 11.1. The van der Waals surface area contributed by atoms with E-state index in [-0.39, 0.29) is 11.7 Å². The maximum Gasteiger partial charge on any atom is 0.177 e. The van der Waals surface area contributed by atoms with Crippen LogP contribution in [0.25, 0.3) is 0 Å². The van der Waals surface area contributed by atoms with E-state index in [1.807, 2.05) is 6.07 Å². The largest absolute Gasteiger partial charge is 0.293 e. The van der Waals surface area contributed by atoms with Gasteiger partial charge in [0, 0.05) is 13.6 Å². The zero-order chi connectivity index (χ0) is 9.14. The minimum absolute atomic E-state index is 0.0348. The molecule has 0 bridgehead atoms. The molecule has 0 atom stereocenters. The van der Waals surface area contributed by atoms with Crippen molar-refractivity contribution in [2.24, 2.45) is 0 Å². The lowest BCUT2D eigenvalue weighted by atomic mass is 10.2. The van der Waals surface area contributed by atoms with Gasteiger partial charge in [-0.05, 0) is 50.7 Å². The van der Waals surface area contributed by atoms with Gasteiger partial charge in [0.2, 0.25) is 0 Å². The fraction of sp³-hybridized carbons (Fsp3) is 0.125. The third-order valence-corrected chi connectivity index (χ3v) is 3.94. The number of halogens is 3. The zero-order valence-corrected chi connectivity index (χ0v) is 10.5.